The van der Waals surface area contributed by atoms with Crippen LogP contribution in [0, 0.1) is 0 Å². The molecule has 0 aromatic carbocycles. The first-order chi connectivity index (χ1) is 6.24. The van der Waals surface area contributed by atoms with Crippen molar-refractivity contribution in [2.45, 2.75) is 25.4 Å². The molecule has 14 heavy (non-hydrogen) atoms. The number of hydrogen-bond donors (Lipinski definition) is 2. The van der Waals surface area contributed by atoms with Crippen molar-refractivity contribution < 1.29 is 5.11 Å². The van der Waals surface area contributed by atoms with E-state index >= 15 is 0 Å². The highest BCUT2D eigenvalue weighted by molar-refractivity contribution is 7.99. The fourth-order valence-electron chi connectivity index (χ4n) is 1.71. The van der Waals surface area contributed by atoms with Gasteiger partial charge in [0.2, 0.25) is 0 Å². The average Bonchev–Trinajstić information content (AvgIpc) is 2.08. The molecule has 0 aromatic rings. The van der Waals surface area contributed by atoms with Crippen LogP contribution in [0.15, 0.2) is 0 Å². The fourth-order valence-corrected chi connectivity index (χ4v) is 2.89. The first-order valence-electron chi connectivity index (χ1n) is 4.92. The van der Waals surface area contributed by atoms with E-state index in [-0.39, 0.29) is 18.4 Å². The van der Waals surface area contributed by atoms with E-state index in [9.17, 15) is 0 Å². The molecule has 3 nitrogen and oxygen atoms in total. The van der Waals surface area contributed by atoms with Crippen LogP contribution in [0.3, 0.4) is 0 Å². The van der Waals surface area contributed by atoms with Gasteiger partial charge in [0, 0.05) is 43.3 Å². The van der Waals surface area contributed by atoms with Gasteiger partial charge in [-0.2, -0.15) is 11.8 Å². The lowest BCUT2D eigenvalue weighted by Gasteiger charge is -2.36. The molecule has 1 saturated heterocycles. The number of hydrogen-bond acceptors (Lipinski definition) is 4. The molecule has 0 aromatic heterocycles. The van der Waals surface area contributed by atoms with Crippen LogP contribution in [0.2, 0.25) is 0 Å². The summed E-state index contributed by atoms with van der Waals surface area (Å²) < 4.78 is 0. The van der Waals surface area contributed by atoms with E-state index < -0.39 is 0 Å². The molecule has 1 aliphatic rings. The second-order valence-electron chi connectivity index (χ2n) is 3.71. The van der Waals surface area contributed by atoms with Gasteiger partial charge in [-0.1, -0.05) is 0 Å². The molecule has 1 fully saturated rings. The Kier molecular flexibility index (Phi) is 8.05. The summed E-state index contributed by atoms with van der Waals surface area (Å²) in [6.45, 7) is 4.42. The topological polar surface area (TPSA) is 49.5 Å². The summed E-state index contributed by atoms with van der Waals surface area (Å²) >= 11 is 1.98. The van der Waals surface area contributed by atoms with Gasteiger partial charge in [-0.05, 0) is 13.3 Å². The van der Waals surface area contributed by atoms with Gasteiger partial charge in [-0.25, -0.2) is 0 Å². The first-order valence-corrected chi connectivity index (χ1v) is 6.07. The number of thioether (sulfide) groups is 1. The molecule has 86 valence electrons. The molecule has 0 bridgehead atoms. The van der Waals surface area contributed by atoms with Crippen molar-refractivity contribution in [3.8, 4) is 0 Å². The van der Waals surface area contributed by atoms with Crippen LogP contribution < -0.4 is 5.73 Å². The minimum absolute atomic E-state index is 0. The lowest BCUT2D eigenvalue weighted by Crippen LogP contribution is -2.47. The van der Waals surface area contributed by atoms with Crippen molar-refractivity contribution in [1.82, 2.24) is 4.90 Å². The normalized spacial score (nSPS) is 25.5. The number of nitrogens with zero attached hydrogens (tertiary/aromatic N) is 1. The molecule has 0 radical (unpaired) electrons. The summed E-state index contributed by atoms with van der Waals surface area (Å²) in [6.07, 6.45) is 0.889. The highest BCUT2D eigenvalue weighted by atomic mass is 35.5. The number of nitrogens with two attached hydrogens (primary N) is 1. The average molecular weight is 241 g/mol. The van der Waals surface area contributed by atoms with Crippen molar-refractivity contribution in [2.75, 3.05) is 31.2 Å². The minimum atomic E-state index is 0. The van der Waals surface area contributed by atoms with Crippen LogP contribution in [0.25, 0.3) is 0 Å². The summed E-state index contributed by atoms with van der Waals surface area (Å²) in [5, 5.41) is 8.90. The summed E-state index contributed by atoms with van der Waals surface area (Å²) in [4.78, 5) is 2.41. The number of aliphatic hydroxyl groups is 1. The second kappa shape index (κ2) is 7.77. The zero-order valence-electron chi connectivity index (χ0n) is 8.69. The Balaban J connectivity index is 0.00000169. The first kappa shape index (κ1) is 14.5. The summed E-state index contributed by atoms with van der Waals surface area (Å²) in [5.74, 6) is 2.35. The Hall–Kier alpha value is 0.520. The Labute approximate surface area is 96.8 Å². The van der Waals surface area contributed by atoms with Crippen LogP contribution in [0.1, 0.15) is 13.3 Å². The maximum Gasteiger partial charge on any atom is 0.0446 e. The van der Waals surface area contributed by atoms with Gasteiger partial charge in [0.1, 0.15) is 0 Å². The standard InChI is InChI=1S/C9H20N2OS.ClH/c1-8(10)6-11-3-5-13-7-9(11)2-4-12;/h8-9,12H,2-7,10H2,1H3;1H. The number of halogens is 1. The Morgan fingerprint density at radius 1 is 1.64 bits per heavy atom. The van der Waals surface area contributed by atoms with Gasteiger partial charge in [0.05, 0.1) is 0 Å². The molecule has 5 heteroatoms. The maximum absolute atomic E-state index is 8.90. The second-order valence-corrected chi connectivity index (χ2v) is 4.86. The van der Waals surface area contributed by atoms with E-state index in [1.54, 1.807) is 0 Å². The van der Waals surface area contributed by atoms with Crippen molar-refractivity contribution in [1.29, 1.82) is 0 Å². The van der Waals surface area contributed by atoms with Crippen molar-refractivity contribution in [2.24, 2.45) is 5.73 Å². The molecular formula is C9H21ClN2OS. The Morgan fingerprint density at radius 3 is 2.93 bits per heavy atom. The smallest absolute Gasteiger partial charge is 0.0446 e. The monoisotopic (exact) mass is 240 g/mol. The van der Waals surface area contributed by atoms with E-state index in [2.05, 4.69) is 4.90 Å². The fraction of sp³-hybridized carbons (Fsp3) is 1.00. The largest absolute Gasteiger partial charge is 0.396 e. The predicted octanol–water partition coefficient (Wildman–Crippen LogP) is 0.555. The van der Waals surface area contributed by atoms with Crippen LogP contribution in [0.4, 0.5) is 0 Å². The Bertz CT molecular complexity index is 147. The van der Waals surface area contributed by atoms with Crippen LogP contribution in [0.5, 0.6) is 0 Å². The van der Waals surface area contributed by atoms with Crippen molar-refractivity contribution in [3.05, 3.63) is 0 Å². The van der Waals surface area contributed by atoms with Gasteiger partial charge in [0.25, 0.3) is 0 Å². The van der Waals surface area contributed by atoms with Gasteiger partial charge >= 0.3 is 0 Å². The third kappa shape index (κ3) is 4.84. The van der Waals surface area contributed by atoms with Gasteiger partial charge < -0.3 is 10.8 Å². The molecule has 2 unspecified atom stereocenters. The van der Waals surface area contributed by atoms with Crippen LogP contribution >= 0.6 is 24.2 Å². The van der Waals surface area contributed by atoms with Crippen molar-refractivity contribution >= 4 is 24.2 Å². The zero-order valence-corrected chi connectivity index (χ0v) is 10.3. The predicted molar refractivity (Wildman–Crippen MR) is 65.3 cm³/mol. The Morgan fingerprint density at radius 2 is 2.36 bits per heavy atom. The van der Waals surface area contributed by atoms with E-state index in [0.717, 1.165) is 25.3 Å². The van der Waals surface area contributed by atoms with Gasteiger partial charge in [0.15, 0.2) is 0 Å². The summed E-state index contributed by atoms with van der Waals surface area (Å²) in [7, 11) is 0. The lowest BCUT2D eigenvalue weighted by atomic mass is 10.2. The molecule has 0 saturated carbocycles. The molecule has 0 amide bonds. The molecule has 1 rings (SSSR count). The third-order valence-corrected chi connectivity index (χ3v) is 3.43. The minimum Gasteiger partial charge on any atom is -0.396 e. The third-order valence-electron chi connectivity index (χ3n) is 2.33. The van der Waals surface area contributed by atoms with Gasteiger partial charge in [-0.3, -0.25) is 4.90 Å². The molecule has 0 spiro atoms. The van der Waals surface area contributed by atoms with E-state index in [0.29, 0.717) is 12.6 Å². The SMILES string of the molecule is CC(N)CN1CCSCC1CCO.Cl. The van der Waals surface area contributed by atoms with Crippen LogP contribution in [-0.4, -0.2) is 53.3 Å². The summed E-state index contributed by atoms with van der Waals surface area (Å²) in [6, 6.07) is 0.777. The van der Waals surface area contributed by atoms with Crippen LogP contribution in [-0.2, 0) is 0 Å². The lowest BCUT2D eigenvalue weighted by molar-refractivity contribution is 0.168. The van der Waals surface area contributed by atoms with E-state index in [4.69, 9.17) is 10.8 Å². The highest BCUT2D eigenvalue weighted by Gasteiger charge is 2.22. The highest BCUT2D eigenvalue weighted by Crippen LogP contribution is 2.18. The molecule has 1 heterocycles. The molecule has 2 atom stereocenters. The maximum atomic E-state index is 8.90. The molecule has 0 aliphatic carbocycles. The molecular weight excluding hydrogens is 220 g/mol. The van der Waals surface area contributed by atoms with E-state index in [1.165, 1.54) is 5.75 Å². The molecule has 1 aliphatic heterocycles. The zero-order chi connectivity index (χ0) is 9.68. The number of aliphatic hydroxyl groups excluding tert-OH is 1. The summed E-state index contributed by atoms with van der Waals surface area (Å²) in [5.41, 5.74) is 5.77. The van der Waals surface area contributed by atoms with E-state index in [1.807, 2.05) is 18.7 Å². The van der Waals surface area contributed by atoms with Crippen molar-refractivity contribution in [3.63, 3.8) is 0 Å². The number of rotatable bonds is 4. The quantitative estimate of drug-likeness (QED) is 0.754. The van der Waals surface area contributed by atoms with Gasteiger partial charge in [-0.15, -0.1) is 12.4 Å². The molecule has 3 N–H and O–H groups in total.